The molecule has 2 N–H and O–H groups in total. The maximum Gasteiger partial charge on any atom is 0.339 e. The van der Waals surface area contributed by atoms with Crippen LogP contribution in [0.2, 0.25) is 0 Å². The molecule has 25 heavy (non-hydrogen) atoms. The first-order valence-corrected chi connectivity index (χ1v) is 7.88. The number of aromatic carboxylic acids is 1. The standard InChI is InChI=1S/C19H20N2O4/c1-12(2)19(3,11-20)21-17(22)10-25-16-9-14-7-5-4-6-13(14)8-15(16)18(23)24/h4-9,12H,10H2,1-3H3,(H,21,22)(H,23,24)/t19-/m0/s1. The van der Waals surface area contributed by atoms with Gasteiger partial charge in [0.15, 0.2) is 6.61 Å². The van der Waals surface area contributed by atoms with Crippen molar-refractivity contribution < 1.29 is 19.4 Å². The van der Waals surface area contributed by atoms with Gasteiger partial charge in [-0.3, -0.25) is 4.79 Å². The van der Waals surface area contributed by atoms with Crippen LogP contribution in [0.4, 0.5) is 0 Å². The fourth-order valence-electron chi connectivity index (χ4n) is 2.28. The molecule has 1 atom stereocenters. The molecule has 0 fully saturated rings. The van der Waals surface area contributed by atoms with Gasteiger partial charge in [-0.25, -0.2) is 4.79 Å². The lowest BCUT2D eigenvalue weighted by Gasteiger charge is -2.27. The zero-order valence-electron chi connectivity index (χ0n) is 14.4. The number of benzene rings is 2. The summed E-state index contributed by atoms with van der Waals surface area (Å²) < 4.78 is 5.44. The number of carbonyl (C=O) groups excluding carboxylic acids is 1. The highest BCUT2D eigenvalue weighted by atomic mass is 16.5. The average molecular weight is 340 g/mol. The summed E-state index contributed by atoms with van der Waals surface area (Å²) in [6, 6.07) is 12.5. The normalized spacial score (nSPS) is 13.1. The molecule has 0 saturated carbocycles. The number of ether oxygens (including phenoxy) is 1. The van der Waals surface area contributed by atoms with Crippen molar-refractivity contribution in [1.29, 1.82) is 5.26 Å². The number of amides is 1. The summed E-state index contributed by atoms with van der Waals surface area (Å²) in [5.41, 5.74) is -1.03. The number of rotatable bonds is 6. The Bertz CT molecular complexity index is 854. The summed E-state index contributed by atoms with van der Waals surface area (Å²) >= 11 is 0. The monoisotopic (exact) mass is 340 g/mol. The molecule has 2 aromatic carbocycles. The number of fused-ring (bicyclic) bond motifs is 1. The molecule has 0 bridgehead atoms. The third kappa shape index (κ3) is 4.07. The molecule has 0 unspecified atom stereocenters. The molecular formula is C19H20N2O4. The first kappa shape index (κ1) is 18.3. The van der Waals surface area contributed by atoms with Crippen LogP contribution in [0.25, 0.3) is 10.8 Å². The van der Waals surface area contributed by atoms with E-state index in [4.69, 9.17) is 4.74 Å². The van der Waals surface area contributed by atoms with Crippen LogP contribution in [0.1, 0.15) is 31.1 Å². The third-order valence-corrected chi connectivity index (χ3v) is 4.22. The van der Waals surface area contributed by atoms with E-state index in [1.54, 1.807) is 19.1 Å². The largest absolute Gasteiger partial charge is 0.483 e. The highest BCUT2D eigenvalue weighted by Gasteiger charge is 2.30. The number of hydrogen-bond donors (Lipinski definition) is 2. The molecule has 0 radical (unpaired) electrons. The fraction of sp³-hybridized carbons (Fsp3) is 0.316. The van der Waals surface area contributed by atoms with E-state index < -0.39 is 17.4 Å². The third-order valence-electron chi connectivity index (χ3n) is 4.22. The topological polar surface area (TPSA) is 99.4 Å². The van der Waals surface area contributed by atoms with Gasteiger partial charge in [0.25, 0.3) is 5.91 Å². The Morgan fingerprint density at radius 2 is 1.88 bits per heavy atom. The van der Waals surface area contributed by atoms with Crippen LogP contribution < -0.4 is 10.1 Å². The molecule has 130 valence electrons. The van der Waals surface area contributed by atoms with E-state index in [2.05, 4.69) is 11.4 Å². The highest BCUT2D eigenvalue weighted by Crippen LogP contribution is 2.26. The van der Waals surface area contributed by atoms with Gasteiger partial charge in [0.2, 0.25) is 0 Å². The zero-order valence-corrected chi connectivity index (χ0v) is 14.4. The van der Waals surface area contributed by atoms with Crippen molar-refractivity contribution in [3.05, 3.63) is 42.0 Å². The quantitative estimate of drug-likeness (QED) is 0.842. The minimum Gasteiger partial charge on any atom is -0.483 e. The fourth-order valence-corrected chi connectivity index (χ4v) is 2.28. The Kier molecular flexibility index (Phi) is 5.28. The van der Waals surface area contributed by atoms with E-state index in [0.29, 0.717) is 0 Å². The predicted molar refractivity (Wildman–Crippen MR) is 93.4 cm³/mol. The second-order valence-corrected chi connectivity index (χ2v) is 6.31. The summed E-state index contributed by atoms with van der Waals surface area (Å²) in [5, 5.41) is 22.8. The molecule has 0 heterocycles. The van der Waals surface area contributed by atoms with Crippen LogP contribution >= 0.6 is 0 Å². The Hall–Kier alpha value is -3.07. The molecule has 1 amide bonds. The summed E-state index contributed by atoms with van der Waals surface area (Å²) in [6.07, 6.45) is 0. The van der Waals surface area contributed by atoms with E-state index in [-0.39, 0.29) is 23.8 Å². The zero-order chi connectivity index (χ0) is 18.6. The first-order valence-electron chi connectivity index (χ1n) is 7.88. The molecule has 2 aromatic rings. The van der Waals surface area contributed by atoms with Gasteiger partial charge >= 0.3 is 5.97 Å². The number of carboxylic acid groups (broad SMARTS) is 1. The maximum atomic E-state index is 12.1. The van der Waals surface area contributed by atoms with Crippen LogP contribution in [0.5, 0.6) is 5.75 Å². The number of carboxylic acids is 1. The van der Waals surface area contributed by atoms with Crippen LogP contribution in [0.3, 0.4) is 0 Å². The lowest BCUT2D eigenvalue weighted by atomic mass is 9.90. The lowest BCUT2D eigenvalue weighted by molar-refractivity contribution is -0.124. The van der Waals surface area contributed by atoms with Crippen LogP contribution in [0.15, 0.2) is 36.4 Å². The van der Waals surface area contributed by atoms with Crippen LogP contribution in [0, 0.1) is 17.2 Å². The lowest BCUT2D eigenvalue weighted by Crippen LogP contribution is -2.50. The Morgan fingerprint density at radius 3 is 2.40 bits per heavy atom. The Labute approximate surface area is 146 Å². The van der Waals surface area contributed by atoms with Crippen molar-refractivity contribution in [3.63, 3.8) is 0 Å². The number of nitriles is 1. The predicted octanol–water partition coefficient (Wildman–Crippen LogP) is 2.97. The second kappa shape index (κ2) is 7.22. The molecule has 0 spiro atoms. The first-order chi connectivity index (χ1) is 11.8. The van der Waals surface area contributed by atoms with Gasteiger partial charge in [-0.2, -0.15) is 5.26 Å². The van der Waals surface area contributed by atoms with E-state index >= 15 is 0 Å². The summed E-state index contributed by atoms with van der Waals surface area (Å²) in [5.74, 6) is -1.59. The molecule has 6 nitrogen and oxygen atoms in total. The van der Waals surface area contributed by atoms with Crippen LogP contribution in [-0.2, 0) is 4.79 Å². The van der Waals surface area contributed by atoms with E-state index in [1.165, 1.54) is 6.07 Å². The van der Waals surface area contributed by atoms with Crippen molar-refractivity contribution >= 4 is 22.6 Å². The van der Waals surface area contributed by atoms with Crippen molar-refractivity contribution in [2.45, 2.75) is 26.3 Å². The Morgan fingerprint density at radius 1 is 1.28 bits per heavy atom. The van der Waals surface area contributed by atoms with Crippen molar-refractivity contribution in [2.24, 2.45) is 5.92 Å². The van der Waals surface area contributed by atoms with E-state index in [9.17, 15) is 20.0 Å². The van der Waals surface area contributed by atoms with Gasteiger partial charge in [0.1, 0.15) is 16.9 Å². The van der Waals surface area contributed by atoms with Crippen molar-refractivity contribution in [1.82, 2.24) is 5.32 Å². The summed E-state index contributed by atoms with van der Waals surface area (Å²) in [7, 11) is 0. The minimum atomic E-state index is -1.13. The van der Waals surface area contributed by atoms with Gasteiger partial charge in [-0.05, 0) is 35.7 Å². The Balaban J connectivity index is 2.20. The molecule has 0 aliphatic rings. The highest BCUT2D eigenvalue weighted by molar-refractivity contribution is 5.97. The van der Waals surface area contributed by atoms with Crippen molar-refractivity contribution in [3.8, 4) is 11.8 Å². The van der Waals surface area contributed by atoms with E-state index in [1.807, 2.05) is 32.0 Å². The van der Waals surface area contributed by atoms with Gasteiger partial charge in [0.05, 0.1) is 6.07 Å². The number of hydrogen-bond acceptors (Lipinski definition) is 4. The second-order valence-electron chi connectivity index (χ2n) is 6.31. The van der Waals surface area contributed by atoms with Gasteiger partial charge in [0, 0.05) is 0 Å². The molecule has 0 aliphatic heterocycles. The smallest absolute Gasteiger partial charge is 0.339 e. The minimum absolute atomic E-state index is 0.0154. The summed E-state index contributed by atoms with van der Waals surface area (Å²) in [4.78, 5) is 23.6. The molecule has 2 rings (SSSR count). The molecule has 0 aromatic heterocycles. The summed E-state index contributed by atoms with van der Waals surface area (Å²) in [6.45, 7) is 4.92. The molecular weight excluding hydrogens is 320 g/mol. The molecule has 6 heteroatoms. The van der Waals surface area contributed by atoms with E-state index in [0.717, 1.165) is 10.8 Å². The van der Waals surface area contributed by atoms with Gasteiger partial charge < -0.3 is 15.2 Å². The number of nitrogens with one attached hydrogen (secondary N) is 1. The average Bonchev–Trinajstić information content (AvgIpc) is 2.58. The maximum absolute atomic E-state index is 12.1. The number of carbonyl (C=O) groups is 2. The van der Waals surface area contributed by atoms with Gasteiger partial charge in [-0.15, -0.1) is 0 Å². The molecule has 0 saturated heterocycles. The SMILES string of the molecule is CC(C)[C@](C)(C#N)NC(=O)COc1cc2ccccc2cc1C(=O)O. The van der Waals surface area contributed by atoms with Gasteiger partial charge in [-0.1, -0.05) is 38.1 Å². The number of nitrogens with zero attached hydrogens (tertiary/aromatic N) is 1. The van der Waals surface area contributed by atoms with Crippen molar-refractivity contribution in [2.75, 3.05) is 6.61 Å². The van der Waals surface area contributed by atoms with Crippen LogP contribution in [-0.4, -0.2) is 29.1 Å². The molecule has 0 aliphatic carbocycles.